The molecule has 2 aromatic carbocycles. The summed E-state index contributed by atoms with van der Waals surface area (Å²) in [6.07, 6.45) is 0. The fourth-order valence-corrected chi connectivity index (χ4v) is 2.25. The summed E-state index contributed by atoms with van der Waals surface area (Å²) in [7, 11) is 0. The molecule has 102 valence electrons. The molecule has 0 aliphatic carbocycles. The third kappa shape index (κ3) is 2.21. The summed E-state index contributed by atoms with van der Waals surface area (Å²) in [5, 5.41) is 0.311. The van der Waals surface area contributed by atoms with Crippen molar-refractivity contribution in [1.82, 2.24) is 4.98 Å². The minimum atomic E-state index is -0.670. The van der Waals surface area contributed by atoms with Gasteiger partial charge >= 0.3 is 5.76 Å². The van der Waals surface area contributed by atoms with Crippen LogP contribution in [0.25, 0.3) is 11.1 Å². The number of nitrogens with one attached hydrogen (secondary N) is 1. The van der Waals surface area contributed by atoms with Crippen molar-refractivity contribution in [3.05, 3.63) is 68.9 Å². The van der Waals surface area contributed by atoms with Gasteiger partial charge in [0.25, 0.3) is 0 Å². The van der Waals surface area contributed by atoms with Gasteiger partial charge in [0.05, 0.1) is 11.6 Å². The lowest BCUT2D eigenvalue weighted by atomic mass is 9.99. The van der Waals surface area contributed by atoms with Crippen molar-refractivity contribution in [2.45, 2.75) is 6.04 Å². The van der Waals surface area contributed by atoms with Gasteiger partial charge in [0, 0.05) is 10.6 Å². The molecule has 1 aromatic heterocycles. The van der Waals surface area contributed by atoms with Crippen molar-refractivity contribution in [2.75, 3.05) is 0 Å². The Morgan fingerprint density at radius 2 is 2.05 bits per heavy atom. The van der Waals surface area contributed by atoms with Crippen molar-refractivity contribution in [3.63, 3.8) is 0 Å². The number of halogens is 2. The molecular formula is C14H10ClFN2O2. The zero-order chi connectivity index (χ0) is 14.3. The zero-order valence-electron chi connectivity index (χ0n) is 10.2. The number of aromatic nitrogens is 1. The number of oxazole rings is 1. The molecule has 0 aliphatic heterocycles. The van der Waals surface area contributed by atoms with Crippen LogP contribution in [0, 0.1) is 5.82 Å². The lowest BCUT2D eigenvalue weighted by Crippen LogP contribution is -2.13. The van der Waals surface area contributed by atoms with Gasteiger partial charge in [0.1, 0.15) is 5.82 Å². The molecule has 0 aliphatic rings. The van der Waals surface area contributed by atoms with E-state index >= 15 is 0 Å². The maximum atomic E-state index is 13.9. The van der Waals surface area contributed by atoms with Crippen LogP contribution in [0.2, 0.25) is 5.02 Å². The Morgan fingerprint density at radius 3 is 2.80 bits per heavy atom. The summed E-state index contributed by atoms with van der Waals surface area (Å²) < 4.78 is 18.8. The third-order valence-electron chi connectivity index (χ3n) is 3.10. The van der Waals surface area contributed by atoms with E-state index in [0.29, 0.717) is 27.2 Å². The van der Waals surface area contributed by atoms with Gasteiger partial charge in [-0.2, -0.15) is 0 Å². The molecule has 0 bridgehead atoms. The van der Waals surface area contributed by atoms with E-state index in [-0.39, 0.29) is 0 Å². The number of H-pyrrole nitrogens is 1. The van der Waals surface area contributed by atoms with E-state index in [0.717, 1.165) is 0 Å². The van der Waals surface area contributed by atoms with Crippen LogP contribution in [0.4, 0.5) is 4.39 Å². The van der Waals surface area contributed by atoms with Gasteiger partial charge in [-0.15, -0.1) is 0 Å². The maximum Gasteiger partial charge on any atom is 0.417 e. The van der Waals surface area contributed by atoms with Crippen LogP contribution in [0.3, 0.4) is 0 Å². The second kappa shape index (κ2) is 4.77. The maximum absolute atomic E-state index is 13.9. The molecule has 6 heteroatoms. The number of hydrogen-bond acceptors (Lipinski definition) is 3. The van der Waals surface area contributed by atoms with E-state index in [1.165, 1.54) is 6.07 Å². The summed E-state index contributed by atoms with van der Waals surface area (Å²) in [6.45, 7) is 0. The number of fused-ring (bicyclic) bond motifs is 1. The van der Waals surface area contributed by atoms with Gasteiger partial charge < -0.3 is 10.2 Å². The minimum absolute atomic E-state index is 0.311. The molecule has 0 saturated heterocycles. The topological polar surface area (TPSA) is 72.0 Å². The summed E-state index contributed by atoms with van der Waals surface area (Å²) in [6, 6.07) is 8.67. The fourth-order valence-electron chi connectivity index (χ4n) is 2.09. The summed E-state index contributed by atoms with van der Waals surface area (Å²) >= 11 is 5.71. The van der Waals surface area contributed by atoms with Crippen molar-refractivity contribution >= 4 is 22.7 Å². The molecular weight excluding hydrogens is 283 g/mol. The van der Waals surface area contributed by atoms with Gasteiger partial charge in [-0.25, -0.2) is 9.18 Å². The molecule has 3 N–H and O–H groups in total. The Kier molecular flexibility index (Phi) is 3.08. The van der Waals surface area contributed by atoms with Crippen LogP contribution in [-0.4, -0.2) is 4.98 Å². The van der Waals surface area contributed by atoms with E-state index in [1.807, 2.05) is 0 Å². The molecule has 1 atom stereocenters. The van der Waals surface area contributed by atoms with E-state index in [9.17, 15) is 9.18 Å². The number of benzene rings is 2. The summed E-state index contributed by atoms with van der Waals surface area (Å²) in [4.78, 5) is 13.6. The van der Waals surface area contributed by atoms with Crippen LogP contribution in [0.5, 0.6) is 0 Å². The van der Waals surface area contributed by atoms with Gasteiger partial charge in [0.15, 0.2) is 5.58 Å². The van der Waals surface area contributed by atoms with Crippen molar-refractivity contribution in [2.24, 2.45) is 5.73 Å². The highest BCUT2D eigenvalue weighted by atomic mass is 35.5. The van der Waals surface area contributed by atoms with Crippen LogP contribution in [0.1, 0.15) is 17.2 Å². The Bertz CT molecular complexity index is 841. The Labute approximate surface area is 118 Å². The van der Waals surface area contributed by atoms with Crippen molar-refractivity contribution < 1.29 is 8.81 Å². The monoisotopic (exact) mass is 292 g/mol. The molecule has 3 aromatic rings. The summed E-state index contributed by atoms with van der Waals surface area (Å²) in [5.41, 5.74) is 7.98. The molecule has 0 spiro atoms. The molecule has 0 fully saturated rings. The lowest BCUT2D eigenvalue weighted by Gasteiger charge is -2.13. The lowest BCUT2D eigenvalue weighted by molar-refractivity contribution is 0.554. The van der Waals surface area contributed by atoms with Gasteiger partial charge in [-0.3, -0.25) is 4.98 Å². The highest BCUT2D eigenvalue weighted by molar-refractivity contribution is 6.30. The van der Waals surface area contributed by atoms with E-state index < -0.39 is 17.6 Å². The second-order valence-electron chi connectivity index (χ2n) is 4.41. The van der Waals surface area contributed by atoms with Gasteiger partial charge in [-0.1, -0.05) is 23.7 Å². The van der Waals surface area contributed by atoms with Gasteiger partial charge in [0.2, 0.25) is 0 Å². The van der Waals surface area contributed by atoms with Crippen LogP contribution in [0.15, 0.2) is 45.6 Å². The molecule has 1 unspecified atom stereocenters. The number of rotatable bonds is 2. The first-order valence-corrected chi connectivity index (χ1v) is 6.26. The van der Waals surface area contributed by atoms with Crippen molar-refractivity contribution in [1.29, 1.82) is 0 Å². The molecule has 1 heterocycles. The molecule has 0 amide bonds. The predicted octanol–water partition coefficient (Wildman–Crippen LogP) is 2.96. The molecule has 20 heavy (non-hydrogen) atoms. The van der Waals surface area contributed by atoms with Crippen LogP contribution < -0.4 is 11.5 Å². The average molecular weight is 293 g/mol. The fraction of sp³-hybridized carbons (Fsp3) is 0.0714. The standard InChI is InChI=1S/C14H10ClFN2O2/c15-8-2-3-9(10(16)6-8)13(17)7-1-4-11-12(5-7)20-14(19)18-11/h1-6,13H,17H2,(H,18,19). The Morgan fingerprint density at radius 1 is 1.25 bits per heavy atom. The van der Waals surface area contributed by atoms with E-state index in [4.69, 9.17) is 21.8 Å². The highest BCUT2D eigenvalue weighted by Gasteiger charge is 2.15. The van der Waals surface area contributed by atoms with Crippen LogP contribution >= 0.6 is 11.6 Å². The molecule has 4 nitrogen and oxygen atoms in total. The first-order valence-electron chi connectivity index (χ1n) is 5.88. The number of hydrogen-bond donors (Lipinski definition) is 2. The largest absolute Gasteiger partial charge is 0.417 e. The second-order valence-corrected chi connectivity index (χ2v) is 4.85. The Hall–Kier alpha value is -2.11. The number of nitrogens with two attached hydrogens (primary N) is 1. The quantitative estimate of drug-likeness (QED) is 0.763. The van der Waals surface area contributed by atoms with Gasteiger partial charge in [-0.05, 0) is 29.8 Å². The average Bonchev–Trinajstić information content (AvgIpc) is 2.77. The van der Waals surface area contributed by atoms with E-state index in [2.05, 4.69) is 4.98 Å². The predicted molar refractivity (Wildman–Crippen MR) is 74.3 cm³/mol. The molecule has 0 radical (unpaired) electrons. The smallest absolute Gasteiger partial charge is 0.408 e. The highest BCUT2D eigenvalue weighted by Crippen LogP contribution is 2.26. The minimum Gasteiger partial charge on any atom is -0.408 e. The first-order chi connectivity index (χ1) is 9.54. The van der Waals surface area contributed by atoms with E-state index in [1.54, 1.807) is 30.3 Å². The zero-order valence-corrected chi connectivity index (χ0v) is 10.9. The number of aromatic amines is 1. The normalized spacial score (nSPS) is 12.8. The van der Waals surface area contributed by atoms with Crippen LogP contribution in [-0.2, 0) is 0 Å². The summed E-state index contributed by atoms with van der Waals surface area (Å²) in [5.74, 6) is -1.01. The van der Waals surface area contributed by atoms with Crippen molar-refractivity contribution in [3.8, 4) is 0 Å². The SMILES string of the molecule is NC(c1ccc2[nH]c(=O)oc2c1)c1ccc(Cl)cc1F. The molecule has 3 rings (SSSR count). The first kappa shape index (κ1) is 12.9. The Balaban J connectivity index is 2.06. The molecule has 0 saturated carbocycles. The third-order valence-corrected chi connectivity index (χ3v) is 3.34.